The molecule has 20 heavy (non-hydrogen) atoms. The molecule has 3 heteroatoms. The van der Waals surface area contributed by atoms with Crippen LogP contribution in [-0.4, -0.2) is 18.1 Å². The van der Waals surface area contributed by atoms with E-state index < -0.39 is 0 Å². The Morgan fingerprint density at radius 2 is 2.10 bits per heavy atom. The molecule has 0 radical (unpaired) electrons. The first-order chi connectivity index (χ1) is 9.56. The second-order valence-corrected chi connectivity index (χ2v) is 6.96. The number of rotatable bonds is 5. The van der Waals surface area contributed by atoms with Crippen molar-refractivity contribution < 1.29 is 0 Å². The van der Waals surface area contributed by atoms with E-state index in [0.717, 1.165) is 17.3 Å². The third-order valence-electron chi connectivity index (χ3n) is 4.58. The third kappa shape index (κ3) is 3.37. The third-order valence-corrected chi connectivity index (χ3v) is 5.08. The van der Waals surface area contributed by atoms with E-state index in [1.165, 1.54) is 30.5 Å². The van der Waals surface area contributed by atoms with Gasteiger partial charge in [0.1, 0.15) is 0 Å². The molecule has 3 unspecified atom stereocenters. The average molecular weight is 339 g/mol. The fourth-order valence-electron chi connectivity index (χ4n) is 3.30. The first-order valence-electron chi connectivity index (χ1n) is 7.89. The van der Waals surface area contributed by atoms with Gasteiger partial charge in [-0.15, -0.1) is 0 Å². The first kappa shape index (κ1) is 15.8. The Kier molecular flexibility index (Phi) is 5.50. The summed E-state index contributed by atoms with van der Waals surface area (Å²) in [6.45, 7) is 6.81. The highest BCUT2D eigenvalue weighted by Crippen LogP contribution is 2.35. The van der Waals surface area contributed by atoms with Crippen molar-refractivity contribution in [3.8, 4) is 0 Å². The van der Waals surface area contributed by atoms with Gasteiger partial charge < -0.3 is 10.6 Å². The van der Waals surface area contributed by atoms with E-state index >= 15 is 0 Å². The molecule has 3 atom stereocenters. The molecule has 0 spiro atoms. The largest absolute Gasteiger partial charge is 0.366 e. The van der Waals surface area contributed by atoms with Gasteiger partial charge in [-0.1, -0.05) is 29.8 Å². The summed E-state index contributed by atoms with van der Waals surface area (Å²) in [6, 6.07) is 8.25. The van der Waals surface area contributed by atoms with Crippen LogP contribution in [0.15, 0.2) is 22.7 Å². The highest BCUT2D eigenvalue weighted by atomic mass is 79.9. The van der Waals surface area contributed by atoms with Crippen molar-refractivity contribution in [1.82, 2.24) is 0 Å². The average Bonchev–Trinajstić information content (AvgIpc) is 2.80. The summed E-state index contributed by atoms with van der Waals surface area (Å²) < 4.78 is 1.15. The van der Waals surface area contributed by atoms with Gasteiger partial charge in [-0.2, -0.15) is 0 Å². The Morgan fingerprint density at radius 3 is 2.75 bits per heavy atom. The molecule has 1 heterocycles. The van der Waals surface area contributed by atoms with E-state index in [9.17, 15) is 0 Å². The minimum absolute atomic E-state index is 0.251. The summed E-state index contributed by atoms with van der Waals surface area (Å²) in [5, 5.41) is 0. The molecular formula is C17H27BrN2. The van der Waals surface area contributed by atoms with Crippen LogP contribution >= 0.6 is 15.9 Å². The molecule has 1 aliphatic rings. The Balaban J connectivity index is 2.34. The molecule has 0 amide bonds. The van der Waals surface area contributed by atoms with Crippen LogP contribution in [0.3, 0.4) is 0 Å². The van der Waals surface area contributed by atoms with Crippen LogP contribution in [0.25, 0.3) is 0 Å². The molecule has 1 saturated heterocycles. The predicted molar refractivity (Wildman–Crippen MR) is 91.4 cm³/mol. The smallest absolute Gasteiger partial charge is 0.0405 e. The second-order valence-electron chi connectivity index (χ2n) is 6.04. The Morgan fingerprint density at radius 1 is 1.35 bits per heavy atom. The van der Waals surface area contributed by atoms with Crippen LogP contribution in [0.1, 0.15) is 52.0 Å². The zero-order valence-electron chi connectivity index (χ0n) is 12.9. The minimum Gasteiger partial charge on any atom is -0.366 e. The number of anilines is 1. The van der Waals surface area contributed by atoms with Gasteiger partial charge in [0.25, 0.3) is 0 Å². The summed E-state index contributed by atoms with van der Waals surface area (Å²) in [7, 11) is 0. The van der Waals surface area contributed by atoms with Crippen molar-refractivity contribution in [1.29, 1.82) is 0 Å². The van der Waals surface area contributed by atoms with Gasteiger partial charge in [-0.3, -0.25) is 0 Å². The summed E-state index contributed by atoms with van der Waals surface area (Å²) in [5.41, 5.74) is 8.98. The lowest BCUT2D eigenvalue weighted by molar-refractivity contribution is 0.613. The van der Waals surface area contributed by atoms with E-state index in [4.69, 9.17) is 5.73 Å². The molecule has 2 N–H and O–H groups in total. The number of hydrogen-bond donors (Lipinski definition) is 1. The van der Waals surface area contributed by atoms with E-state index in [1.807, 2.05) is 0 Å². The quantitative estimate of drug-likeness (QED) is 0.856. The lowest BCUT2D eigenvalue weighted by Crippen LogP contribution is -2.35. The lowest BCUT2D eigenvalue weighted by atomic mass is 10.0. The molecule has 0 aliphatic carbocycles. The lowest BCUT2D eigenvalue weighted by Gasteiger charge is -2.33. The normalized spacial score (nSPS) is 24.1. The van der Waals surface area contributed by atoms with Crippen molar-refractivity contribution in [3.63, 3.8) is 0 Å². The molecule has 2 rings (SSSR count). The molecule has 1 aromatic carbocycles. The second kappa shape index (κ2) is 6.95. The standard InChI is InChI=1S/C17H27BrN2/c1-4-15(19)11-13-10-14(18)7-9-17(13)20-12(3)6-8-16(20)5-2/h7,9-10,12,15-16H,4-6,8,11,19H2,1-3H3. The molecule has 0 aromatic heterocycles. The maximum atomic E-state index is 6.19. The van der Waals surface area contributed by atoms with Crippen LogP contribution in [0.2, 0.25) is 0 Å². The fraction of sp³-hybridized carbons (Fsp3) is 0.647. The van der Waals surface area contributed by atoms with E-state index in [2.05, 4.69) is 59.8 Å². The van der Waals surface area contributed by atoms with Crippen LogP contribution in [-0.2, 0) is 6.42 Å². The van der Waals surface area contributed by atoms with Crippen molar-refractivity contribution in [2.24, 2.45) is 5.73 Å². The molecule has 1 aromatic rings. The Labute approximate surface area is 131 Å². The first-order valence-corrected chi connectivity index (χ1v) is 8.68. The predicted octanol–water partition coefficient (Wildman–Crippen LogP) is 4.50. The summed E-state index contributed by atoms with van der Waals surface area (Å²) in [5.74, 6) is 0. The van der Waals surface area contributed by atoms with Crippen LogP contribution < -0.4 is 10.6 Å². The molecule has 1 fully saturated rings. The molecule has 0 bridgehead atoms. The van der Waals surface area contributed by atoms with Crippen LogP contribution in [0.5, 0.6) is 0 Å². The maximum absolute atomic E-state index is 6.19. The van der Waals surface area contributed by atoms with Gasteiger partial charge >= 0.3 is 0 Å². The fourth-order valence-corrected chi connectivity index (χ4v) is 3.71. The van der Waals surface area contributed by atoms with Crippen LogP contribution in [0, 0.1) is 0 Å². The van der Waals surface area contributed by atoms with Crippen LogP contribution in [0.4, 0.5) is 5.69 Å². The molecule has 1 aliphatic heterocycles. The topological polar surface area (TPSA) is 29.3 Å². The summed E-state index contributed by atoms with van der Waals surface area (Å²) in [6.07, 6.45) is 5.82. The van der Waals surface area contributed by atoms with E-state index in [1.54, 1.807) is 0 Å². The molecule has 2 nitrogen and oxygen atoms in total. The molecular weight excluding hydrogens is 312 g/mol. The van der Waals surface area contributed by atoms with E-state index in [-0.39, 0.29) is 6.04 Å². The van der Waals surface area contributed by atoms with Gasteiger partial charge in [-0.05, 0) is 62.8 Å². The van der Waals surface area contributed by atoms with Gasteiger partial charge in [0.15, 0.2) is 0 Å². The highest BCUT2D eigenvalue weighted by molar-refractivity contribution is 9.10. The van der Waals surface area contributed by atoms with Gasteiger partial charge in [0.2, 0.25) is 0 Å². The number of halogens is 1. The summed E-state index contributed by atoms with van der Waals surface area (Å²) in [4.78, 5) is 2.63. The molecule has 0 saturated carbocycles. The SMILES string of the molecule is CCC(N)Cc1cc(Br)ccc1N1C(C)CCC1CC. The zero-order valence-corrected chi connectivity index (χ0v) is 14.5. The van der Waals surface area contributed by atoms with Gasteiger partial charge in [-0.25, -0.2) is 0 Å². The van der Waals surface area contributed by atoms with Crippen molar-refractivity contribution >= 4 is 21.6 Å². The zero-order chi connectivity index (χ0) is 14.7. The van der Waals surface area contributed by atoms with Gasteiger partial charge in [0, 0.05) is 28.3 Å². The van der Waals surface area contributed by atoms with Gasteiger partial charge in [0.05, 0.1) is 0 Å². The van der Waals surface area contributed by atoms with Crippen molar-refractivity contribution in [3.05, 3.63) is 28.2 Å². The maximum Gasteiger partial charge on any atom is 0.0405 e. The molecule has 112 valence electrons. The Bertz CT molecular complexity index is 447. The number of nitrogens with zero attached hydrogens (tertiary/aromatic N) is 1. The van der Waals surface area contributed by atoms with E-state index in [0.29, 0.717) is 12.1 Å². The highest BCUT2D eigenvalue weighted by Gasteiger charge is 2.30. The number of hydrogen-bond acceptors (Lipinski definition) is 2. The number of nitrogens with two attached hydrogens (primary N) is 1. The Hall–Kier alpha value is -0.540. The van der Waals surface area contributed by atoms with Crippen molar-refractivity contribution in [2.75, 3.05) is 4.90 Å². The van der Waals surface area contributed by atoms with Crippen molar-refractivity contribution in [2.45, 2.75) is 71.0 Å². The minimum atomic E-state index is 0.251. The monoisotopic (exact) mass is 338 g/mol. The number of benzene rings is 1. The summed E-state index contributed by atoms with van der Waals surface area (Å²) >= 11 is 3.60.